The summed E-state index contributed by atoms with van der Waals surface area (Å²) in [5.74, 6) is 2.36. The molecule has 4 rings (SSSR count). The molecule has 1 amide bonds. The Morgan fingerprint density at radius 2 is 2.17 bits per heavy atom. The molecule has 1 aliphatic rings. The zero-order valence-electron chi connectivity index (χ0n) is 12.4. The van der Waals surface area contributed by atoms with E-state index in [1.165, 1.54) is 6.33 Å². The Labute approximate surface area is 136 Å². The van der Waals surface area contributed by atoms with E-state index in [0.717, 1.165) is 28.6 Å². The Kier molecular flexibility index (Phi) is 3.38. The van der Waals surface area contributed by atoms with E-state index in [4.69, 9.17) is 0 Å². The van der Waals surface area contributed by atoms with Crippen molar-refractivity contribution in [1.29, 1.82) is 0 Å². The first-order valence-electron chi connectivity index (χ1n) is 7.12. The molecule has 0 saturated heterocycles. The van der Waals surface area contributed by atoms with Gasteiger partial charge in [-0.2, -0.15) is 22.0 Å². The van der Waals surface area contributed by atoms with Crippen LogP contribution in [0.3, 0.4) is 0 Å². The second-order valence-corrected chi connectivity index (χ2v) is 6.19. The first-order chi connectivity index (χ1) is 11.2. The summed E-state index contributed by atoms with van der Waals surface area (Å²) in [6, 6.07) is 7.32. The summed E-state index contributed by atoms with van der Waals surface area (Å²) in [4.78, 5) is 16.7. The molecule has 23 heavy (non-hydrogen) atoms. The summed E-state index contributed by atoms with van der Waals surface area (Å²) in [5.41, 5.74) is 3.40. The van der Waals surface area contributed by atoms with E-state index in [1.807, 2.05) is 25.2 Å². The van der Waals surface area contributed by atoms with Gasteiger partial charge in [0.1, 0.15) is 18.5 Å². The van der Waals surface area contributed by atoms with Gasteiger partial charge in [0.2, 0.25) is 0 Å². The van der Waals surface area contributed by atoms with Gasteiger partial charge in [-0.25, -0.2) is 9.67 Å². The van der Waals surface area contributed by atoms with Gasteiger partial charge < -0.3 is 5.32 Å². The van der Waals surface area contributed by atoms with Crippen LogP contribution in [0.4, 0.5) is 5.82 Å². The molecule has 1 N–H and O–H groups in total. The van der Waals surface area contributed by atoms with Gasteiger partial charge >= 0.3 is 0 Å². The van der Waals surface area contributed by atoms with Crippen LogP contribution in [-0.2, 0) is 18.6 Å². The van der Waals surface area contributed by atoms with Crippen LogP contribution in [0.15, 0.2) is 36.9 Å². The quantitative estimate of drug-likeness (QED) is 0.796. The molecule has 0 bridgehead atoms. The molecule has 0 radical (unpaired) electrons. The van der Waals surface area contributed by atoms with Crippen molar-refractivity contribution >= 4 is 23.5 Å². The van der Waals surface area contributed by atoms with Gasteiger partial charge in [0, 0.05) is 24.1 Å². The average molecular weight is 326 g/mol. The summed E-state index contributed by atoms with van der Waals surface area (Å²) in [6.07, 6.45) is 3.02. The van der Waals surface area contributed by atoms with Crippen LogP contribution in [0.25, 0.3) is 5.69 Å². The summed E-state index contributed by atoms with van der Waals surface area (Å²) < 4.78 is 3.32. The van der Waals surface area contributed by atoms with Gasteiger partial charge in [-0.3, -0.25) is 9.48 Å². The fraction of sp³-hybridized carbons (Fsp3) is 0.200. The highest BCUT2D eigenvalue weighted by molar-refractivity contribution is 7.98. The number of amides is 1. The number of nitrogens with zero attached hydrogens (tertiary/aromatic N) is 5. The van der Waals surface area contributed by atoms with Gasteiger partial charge in [-0.15, -0.1) is 0 Å². The van der Waals surface area contributed by atoms with Crippen LogP contribution in [0.5, 0.6) is 0 Å². The van der Waals surface area contributed by atoms with Crippen LogP contribution in [-0.4, -0.2) is 30.5 Å². The number of para-hydroxylation sites is 1. The molecule has 0 aliphatic carbocycles. The standard InChI is InChI=1S/C15H14N6OS/c1-20-14(11-6-23-7-12(11)19-20)18-15(22)10-4-2-3-5-13(10)21-9-16-8-17-21/h2-5,8-9H,6-7H2,1H3,(H,18,22). The van der Waals surface area contributed by atoms with Gasteiger partial charge in [0.05, 0.1) is 16.9 Å². The maximum absolute atomic E-state index is 12.8. The fourth-order valence-corrected chi connectivity index (χ4v) is 3.70. The van der Waals surface area contributed by atoms with E-state index in [1.54, 1.807) is 33.5 Å². The number of hydrogen-bond donors (Lipinski definition) is 1. The Hall–Kier alpha value is -2.61. The molecule has 0 spiro atoms. The summed E-state index contributed by atoms with van der Waals surface area (Å²) in [6.45, 7) is 0. The van der Waals surface area contributed by atoms with Crippen molar-refractivity contribution in [1.82, 2.24) is 24.5 Å². The third-order valence-electron chi connectivity index (χ3n) is 3.76. The lowest BCUT2D eigenvalue weighted by molar-refractivity contribution is 0.102. The van der Waals surface area contributed by atoms with Gasteiger partial charge in [0.15, 0.2) is 0 Å². The van der Waals surface area contributed by atoms with Crippen molar-refractivity contribution in [2.75, 3.05) is 5.32 Å². The number of rotatable bonds is 3. The normalized spacial score (nSPS) is 13.1. The topological polar surface area (TPSA) is 77.6 Å². The van der Waals surface area contributed by atoms with Crippen molar-refractivity contribution in [3.8, 4) is 5.69 Å². The molecule has 1 aromatic carbocycles. The van der Waals surface area contributed by atoms with Crippen LogP contribution >= 0.6 is 11.8 Å². The Morgan fingerprint density at radius 3 is 3.00 bits per heavy atom. The number of carbonyl (C=O) groups excluding carboxylic acids is 1. The molecular weight excluding hydrogens is 312 g/mol. The first-order valence-corrected chi connectivity index (χ1v) is 8.27. The maximum Gasteiger partial charge on any atom is 0.259 e. The van der Waals surface area contributed by atoms with E-state index >= 15 is 0 Å². The Bertz CT molecular complexity index is 870. The Morgan fingerprint density at radius 1 is 1.30 bits per heavy atom. The minimum Gasteiger partial charge on any atom is -0.306 e. The average Bonchev–Trinajstić information content (AvgIpc) is 3.27. The van der Waals surface area contributed by atoms with Crippen molar-refractivity contribution < 1.29 is 4.79 Å². The number of aromatic nitrogens is 5. The highest BCUT2D eigenvalue weighted by atomic mass is 32.2. The van der Waals surface area contributed by atoms with E-state index in [9.17, 15) is 4.79 Å². The number of fused-ring (bicyclic) bond motifs is 1. The summed E-state index contributed by atoms with van der Waals surface area (Å²) in [5, 5.41) is 11.6. The minimum atomic E-state index is -0.182. The van der Waals surface area contributed by atoms with Crippen LogP contribution in [0.1, 0.15) is 21.6 Å². The zero-order valence-corrected chi connectivity index (χ0v) is 13.2. The van der Waals surface area contributed by atoms with Crippen molar-refractivity contribution in [3.63, 3.8) is 0 Å². The largest absolute Gasteiger partial charge is 0.306 e. The SMILES string of the molecule is Cn1nc2c(c1NC(=O)c1ccccc1-n1cncn1)CSC2. The molecule has 1 aliphatic heterocycles. The first kappa shape index (κ1) is 14.0. The second kappa shape index (κ2) is 5.54. The fourth-order valence-electron chi connectivity index (χ4n) is 2.67. The number of anilines is 1. The lowest BCUT2D eigenvalue weighted by atomic mass is 10.1. The van der Waals surface area contributed by atoms with E-state index in [2.05, 4.69) is 20.5 Å². The van der Waals surface area contributed by atoms with Crippen LogP contribution in [0.2, 0.25) is 0 Å². The molecule has 0 atom stereocenters. The number of nitrogens with one attached hydrogen (secondary N) is 1. The molecule has 116 valence electrons. The molecule has 3 heterocycles. The molecule has 8 heteroatoms. The molecule has 2 aromatic heterocycles. The zero-order chi connectivity index (χ0) is 15.8. The second-order valence-electron chi connectivity index (χ2n) is 5.20. The van der Waals surface area contributed by atoms with E-state index in [-0.39, 0.29) is 5.91 Å². The van der Waals surface area contributed by atoms with Gasteiger partial charge in [0.25, 0.3) is 5.91 Å². The summed E-state index contributed by atoms with van der Waals surface area (Å²) >= 11 is 1.81. The van der Waals surface area contributed by atoms with Gasteiger partial charge in [-0.1, -0.05) is 12.1 Å². The third kappa shape index (κ3) is 2.40. The number of benzene rings is 1. The van der Waals surface area contributed by atoms with Crippen LogP contribution in [0, 0.1) is 0 Å². The lowest BCUT2D eigenvalue weighted by Gasteiger charge is -2.11. The molecule has 0 fully saturated rings. The summed E-state index contributed by atoms with van der Waals surface area (Å²) in [7, 11) is 1.85. The number of thioether (sulfide) groups is 1. The van der Waals surface area contributed by atoms with Crippen molar-refractivity contribution in [3.05, 3.63) is 53.7 Å². The molecule has 0 saturated carbocycles. The maximum atomic E-state index is 12.8. The predicted octanol–water partition coefficient (Wildman–Crippen LogP) is 2.00. The molecule has 7 nitrogen and oxygen atoms in total. The number of aryl methyl sites for hydroxylation is 1. The van der Waals surface area contributed by atoms with Gasteiger partial charge in [-0.05, 0) is 12.1 Å². The number of carbonyl (C=O) groups is 1. The van der Waals surface area contributed by atoms with Crippen molar-refractivity contribution in [2.24, 2.45) is 7.05 Å². The third-order valence-corrected chi connectivity index (χ3v) is 4.73. The van der Waals surface area contributed by atoms with Crippen LogP contribution < -0.4 is 5.32 Å². The highest BCUT2D eigenvalue weighted by Gasteiger charge is 2.23. The highest BCUT2D eigenvalue weighted by Crippen LogP contribution is 2.34. The molecule has 0 unspecified atom stereocenters. The minimum absolute atomic E-state index is 0.182. The van der Waals surface area contributed by atoms with E-state index in [0.29, 0.717) is 11.3 Å². The number of hydrogen-bond acceptors (Lipinski definition) is 5. The monoisotopic (exact) mass is 326 g/mol. The lowest BCUT2D eigenvalue weighted by Crippen LogP contribution is -2.18. The smallest absolute Gasteiger partial charge is 0.259 e. The molecular formula is C15H14N6OS. The Balaban J connectivity index is 1.69. The predicted molar refractivity (Wildman–Crippen MR) is 87.5 cm³/mol. The molecule has 3 aromatic rings. The van der Waals surface area contributed by atoms with E-state index < -0.39 is 0 Å². The van der Waals surface area contributed by atoms with Crippen molar-refractivity contribution in [2.45, 2.75) is 11.5 Å².